The molecule has 2 heterocycles. The van der Waals surface area contributed by atoms with Crippen LogP contribution in [0.1, 0.15) is 21.2 Å². The SMILES string of the molecule is CN(Cc1cccs1)C(=O)c1ccc(CS(=O)(=O)c2ccccc2)o1. The lowest BCUT2D eigenvalue weighted by Crippen LogP contribution is -2.25. The van der Waals surface area contributed by atoms with Gasteiger partial charge in [0.05, 0.1) is 11.4 Å². The minimum absolute atomic E-state index is 0.136. The molecular formula is C18H17NO4S2. The van der Waals surface area contributed by atoms with E-state index >= 15 is 0 Å². The first-order chi connectivity index (χ1) is 12.0. The molecule has 0 aliphatic rings. The first kappa shape index (κ1) is 17.4. The molecule has 0 fully saturated rings. The summed E-state index contributed by atoms with van der Waals surface area (Å²) in [5, 5.41) is 1.95. The van der Waals surface area contributed by atoms with Gasteiger partial charge in [-0.25, -0.2) is 8.42 Å². The first-order valence-electron chi connectivity index (χ1n) is 7.60. The standard InChI is InChI=1S/C18H17NO4S2/c1-19(12-15-6-5-11-24-15)18(20)17-10-9-14(23-17)13-25(21,22)16-7-3-2-4-8-16/h2-11H,12-13H2,1H3. The van der Waals surface area contributed by atoms with Gasteiger partial charge < -0.3 is 9.32 Å². The van der Waals surface area contributed by atoms with Crippen molar-refractivity contribution in [2.45, 2.75) is 17.2 Å². The maximum atomic E-state index is 12.4. The van der Waals surface area contributed by atoms with Gasteiger partial charge in [-0.1, -0.05) is 24.3 Å². The zero-order valence-electron chi connectivity index (χ0n) is 13.6. The van der Waals surface area contributed by atoms with Crippen molar-refractivity contribution in [2.75, 3.05) is 7.05 Å². The monoisotopic (exact) mass is 375 g/mol. The molecule has 3 rings (SSSR count). The molecule has 0 radical (unpaired) electrons. The number of nitrogens with zero attached hydrogens (tertiary/aromatic N) is 1. The summed E-state index contributed by atoms with van der Waals surface area (Å²) in [7, 11) is -1.82. The van der Waals surface area contributed by atoms with Crippen LogP contribution in [0.2, 0.25) is 0 Å². The Morgan fingerprint density at radius 2 is 1.84 bits per heavy atom. The molecule has 1 aromatic carbocycles. The largest absolute Gasteiger partial charge is 0.455 e. The van der Waals surface area contributed by atoms with Gasteiger partial charge in [-0.3, -0.25) is 4.79 Å². The van der Waals surface area contributed by atoms with Crippen LogP contribution < -0.4 is 0 Å². The lowest BCUT2D eigenvalue weighted by atomic mass is 10.3. The molecule has 2 aromatic heterocycles. The summed E-state index contributed by atoms with van der Waals surface area (Å²) in [6.07, 6.45) is 0. The van der Waals surface area contributed by atoms with E-state index in [1.807, 2.05) is 17.5 Å². The Bertz CT molecular complexity index is 944. The van der Waals surface area contributed by atoms with Gasteiger partial charge in [0, 0.05) is 11.9 Å². The lowest BCUT2D eigenvalue weighted by molar-refractivity contribution is 0.0753. The molecule has 0 N–H and O–H groups in total. The molecule has 0 aliphatic carbocycles. The number of furan rings is 1. The van der Waals surface area contributed by atoms with Crippen molar-refractivity contribution in [3.8, 4) is 0 Å². The fourth-order valence-electron chi connectivity index (χ4n) is 2.37. The van der Waals surface area contributed by atoms with Gasteiger partial charge in [0.25, 0.3) is 5.91 Å². The summed E-state index contributed by atoms with van der Waals surface area (Å²) in [6, 6.07) is 15.1. The van der Waals surface area contributed by atoms with Crippen LogP contribution >= 0.6 is 11.3 Å². The van der Waals surface area contributed by atoms with Crippen molar-refractivity contribution in [3.05, 3.63) is 76.4 Å². The second kappa shape index (κ2) is 7.25. The Labute approximate surface area is 150 Å². The predicted molar refractivity (Wildman–Crippen MR) is 96.2 cm³/mol. The molecule has 0 spiro atoms. The van der Waals surface area contributed by atoms with Crippen molar-refractivity contribution in [2.24, 2.45) is 0 Å². The van der Waals surface area contributed by atoms with E-state index in [0.29, 0.717) is 6.54 Å². The van der Waals surface area contributed by atoms with E-state index < -0.39 is 9.84 Å². The zero-order valence-corrected chi connectivity index (χ0v) is 15.2. The van der Waals surface area contributed by atoms with Crippen LogP contribution in [0.5, 0.6) is 0 Å². The van der Waals surface area contributed by atoms with Crippen molar-refractivity contribution in [3.63, 3.8) is 0 Å². The van der Waals surface area contributed by atoms with Crippen molar-refractivity contribution >= 4 is 27.1 Å². The summed E-state index contributed by atoms with van der Waals surface area (Å²) in [4.78, 5) is 15.2. The molecule has 0 bridgehead atoms. The molecule has 0 atom stereocenters. The smallest absolute Gasteiger partial charge is 0.289 e. The number of rotatable bonds is 6. The molecule has 5 nitrogen and oxygen atoms in total. The summed E-state index contributed by atoms with van der Waals surface area (Å²) < 4.78 is 30.2. The first-order valence-corrected chi connectivity index (χ1v) is 10.1. The number of amides is 1. The van der Waals surface area contributed by atoms with Crippen LogP contribution in [0, 0.1) is 0 Å². The molecule has 0 saturated carbocycles. The Hall–Kier alpha value is -2.38. The molecule has 25 heavy (non-hydrogen) atoms. The van der Waals surface area contributed by atoms with E-state index in [4.69, 9.17) is 4.42 Å². The number of hydrogen-bond acceptors (Lipinski definition) is 5. The second-order valence-electron chi connectivity index (χ2n) is 5.58. The normalized spacial score (nSPS) is 11.4. The van der Waals surface area contributed by atoms with E-state index in [9.17, 15) is 13.2 Å². The van der Waals surface area contributed by atoms with Gasteiger partial charge in [0.1, 0.15) is 11.5 Å². The highest BCUT2D eigenvalue weighted by atomic mass is 32.2. The van der Waals surface area contributed by atoms with Crippen LogP contribution in [0.15, 0.2) is 69.3 Å². The number of thiophene rings is 1. The van der Waals surface area contributed by atoms with Crippen molar-refractivity contribution in [1.29, 1.82) is 0 Å². The van der Waals surface area contributed by atoms with Crippen LogP contribution in [0.3, 0.4) is 0 Å². The third-order valence-corrected chi connectivity index (χ3v) is 6.14. The highest BCUT2D eigenvalue weighted by molar-refractivity contribution is 7.90. The number of carbonyl (C=O) groups is 1. The van der Waals surface area contributed by atoms with Crippen molar-refractivity contribution in [1.82, 2.24) is 4.90 Å². The highest BCUT2D eigenvalue weighted by Gasteiger charge is 2.21. The van der Waals surface area contributed by atoms with E-state index in [-0.39, 0.29) is 28.1 Å². The number of carbonyl (C=O) groups excluding carboxylic acids is 1. The van der Waals surface area contributed by atoms with Gasteiger partial charge in [-0.05, 0) is 35.7 Å². The van der Waals surface area contributed by atoms with E-state index in [2.05, 4.69) is 0 Å². The molecule has 1 amide bonds. The molecule has 3 aromatic rings. The van der Waals surface area contributed by atoms with Gasteiger partial charge >= 0.3 is 0 Å². The highest BCUT2D eigenvalue weighted by Crippen LogP contribution is 2.19. The minimum atomic E-state index is -3.50. The third kappa shape index (κ3) is 4.18. The van der Waals surface area contributed by atoms with Crippen LogP contribution in [0.4, 0.5) is 0 Å². The molecule has 0 saturated heterocycles. The van der Waals surface area contributed by atoms with Crippen molar-refractivity contribution < 1.29 is 17.6 Å². The number of benzene rings is 1. The Morgan fingerprint density at radius 3 is 2.52 bits per heavy atom. The molecule has 130 valence electrons. The quantitative estimate of drug-likeness (QED) is 0.660. The lowest BCUT2D eigenvalue weighted by Gasteiger charge is -2.14. The predicted octanol–water partition coefficient (Wildman–Crippen LogP) is 3.59. The van der Waals surface area contributed by atoms with Crippen LogP contribution in [0.25, 0.3) is 0 Å². The van der Waals surface area contributed by atoms with E-state index in [1.165, 1.54) is 12.1 Å². The average Bonchev–Trinajstić information content (AvgIpc) is 3.26. The van der Waals surface area contributed by atoms with E-state index in [1.54, 1.807) is 53.6 Å². The van der Waals surface area contributed by atoms with Gasteiger partial charge in [0.15, 0.2) is 15.6 Å². The molecule has 7 heteroatoms. The minimum Gasteiger partial charge on any atom is -0.455 e. The Morgan fingerprint density at radius 1 is 1.08 bits per heavy atom. The molecule has 0 unspecified atom stereocenters. The number of hydrogen-bond donors (Lipinski definition) is 0. The summed E-state index contributed by atoms with van der Waals surface area (Å²) >= 11 is 1.57. The summed E-state index contributed by atoms with van der Waals surface area (Å²) in [5.41, 5.74) is 0. The van der Waals surface area contributed by atoms with Gasteiger partial charge in [0.2, 0.25) is 0 Å². The maximum absolute atomic E-state index is 12.4. The van der Waals surface area contributed by atoms with Gasteiger partial charge in [-0.15, -0.1) is 11.3 Å². The van der Waals surface area contributed by atoms with Crippen LogP contribution in [-0.4, -0.2) is 26.3 Å². The molecular weight excluding hydrogens is 358 g/mol. The average molecular weight is 375 g/mol. The fourth-order valence-corrected chi connectivity index (χ4v) is 4.39. The fraction of sp³-hybridized carbons (Fsp3) is 0.167. The summed E-state index contributed by atoms with van der Waals surface area (Å²) in [6.45, 7) is 0.481. The van der Waals surface area contributed by atoms with E-state index in [0.717, 1.165) is 4.88 Å². The third-order valence-electron chi connectivity index (χ3n) is 3.63. The molecule has 0 aliphatic heterocycles. The Balaban J connectivity index is 1.71. The number of sulfone groups is 1. The van der Waals surface area contributed by atoms with Gasteiger partial charge in [-0.2, -0.15) is 0 Å². The topological polar surface area (TPSA) is 67.6 Å². The Kier molecular flexibility index (Phi) is 5.06. The van der Waals surface area contributed by atoms with Crippen LogP contribution in [-0.2, 0) is 22.1 Å². The maximum Gasteiger partial charge on any atom is 0.289 e. The zero-order chi connectivity index (χ0) is 17.9. The summed E-state index contributed by atoms with van der Waals surface area (Å²) in [5.74, 6) is -0.176. The second-order valence-corrected chi connectivity index (χ2v) is 8.60.